The van der Waals surface area contributed by atoms with E-state index in [4.69, 9.17) is 11.6 Å². The van der Waals surface area contributed by atoms with Gasteiger partial charge in [-0.1, -0.05) is 89.5 Å². The predicted octanol–water partition coefficient (Wildman–Crippen LogP) is 5.85. The number of anilines is 1. The smallest absolute Gasteiger partial charge is 0.264 e. The van der Waals surface area contributed by atoms with Crippen LogP contribution in [-0.2, 0) is 32.6 Å². The fourth-order valence-corrected chi connectivity index (χ4v) is 6.55. The molecule has 0 saturated carbocycles. The van der Waals surface area contributed by atoms with E-state index in [1.54, 1.807) is 54.6 Å². The second-order valence-electron chi connectivity index (χ2n) is 10.6. The van der Waals surface area contributed by atoms with Crippen molar-refractivity contribution in [3.63, 3.8) is 0 Å². The first-order valence-corrected chi connectivity index (χ1v) is 15.8. The van der Waals surface area contributed by atoms with E-state index in [0.717, 1.165) is 26.6 Å². The molecule has 0 heterocycles. The Bertz CT molecular complexity index is 1680. The number of likely N-dealkylation sites (N-methyl/N-ethyl adjacent to an activating group) is 1. The first-order valence-electron chi connectivity index (χ1n) is 14.0. The van der Waals surface area contributed by atoms with Crippen molar-refractivity contribution in [2.45, 2.75) is 44.7 Å². The second kappa shape index (κ2) is 13.9. The molecule has 0 saturated heterocycles. The first kappa shape index (κ1) is 31.8. The maximum Gasteiger partial charge on any atom is 0.264 e. The van der Waals surface area contributed by atoms with Crippen LogP contribution in [0, 0.1) is 20.8 Å². The van der Waals surface area contributed by atoms with Crippen LogP contribution in [0.25, 0.3) is 0 Å². The van der Waals surface area contributed by atoms with E-state index in [1.807, 2.05) is 63.2 Å². The number of hydrogen-bond donors (Lipinski definition) is 1. The molecule has 4 aromatic rings. The summed E-state index contributed by atoms with van der Waals surface area (Å²) in [4.78, 5) is 29.2. The Morgan fingerprint density at radius 2 is 1.44 bits per heavy atom. The van der Waals surface area contributed by atoms with E-state index in [9.17, 15) is 18.0 Å². The molecule has 4 rings (SSSR count). The lowest BCUT2D eigenvalue weighted by atomic mass is 10.0. The molecule has 0 aliphatic heterocycles. The molecular formula is C34H36ClN3O4S. The standard InChI is InChI=1S/C34H36ClN3O4S/c1-24-10-17-30(18-11-24)43(41,42)38(31-19-12-25(2)20-26(31)3)23-33(39)37(22-28-13-15-29(35)16-14-28)32(34(40)36-4)21-27-8-6-5-7-9-27/h5-20,32H,21-23H2,1-4H3,(H,36,40)/t32-/m0/s1. The van der Waals surface area contributed by atoms with Crippen LogP contribution in [0.15, 0.2) is 102 Å². The van der Waals surface area contributed by atoms with Crippen LogP contribution >= 0.6 is 11.6 Å². The van der Waals surface area contributed by atoms with Crippen molar-refractivity contribution < 1.29 is 18.0 Å². The van der Waals surface area contributed by atoms with E-state index in [1.165, 1.54) is 11.9 Å². The molecule has 9 heteroatoms. The SMILES string of the molecule is CNC(=O)[C@H](Cc1ccccc1)N(Cc1ccc(Cl)cc1)C(=O)CN(c1ccc(C)cc1C)S(=O)(=O)c1ccc(C)cc1. The minimum atomic E-state index is -4.16. The monoisotopic (exact) mass is 617 g/mol. The molecule has 0 radical (unpaired) electrons. The van der Waals surface area contributed by atoms with Gasteiger partial charge >= 0.3 is 0 Å². The van der Waals surface area contributed by atoms with Gasteiger partial charge < -0.3 is 10.2 Å². The highest BCUT2D eigenvalue weighted by Crippen LogP contribution is 2.29. The molecule has 7 nitrogen and oxygen atoms in total. The summed E-state index contributed by atoms with van der Waals surface area (Å²) in [5.74, 6) is -0.874. The average molecular weight is 618 g/mol. The van der Waals surface area contributed by atoms with E-state index in [2.05, 4.69) is 5.32 Å². The lowest BCUT2D eigenvalue weighted by Gasteiger charge is -2.34. The van der Waals surface area contributed by atoms with E-state index < -0.39 is 28.5 Å². The molecule has 0 unspecified atom stereocenters. The summed E-state index contributed by atoms with van der Waals surface area (Å²) in [5.41, 5.74) is 4.59. The molecule has 224 valence electrons. The summed E-state index contributed by atoms with van der Waals surface area (Å²) in [5, 5.41) is 3.23. The minimum absolute atomic E-state index is 0.0715. The van der Waals surface area contributed by atoms with Gasteiger partial charge in [-0.3, -0.25) is 13.9 Å². The Kier molecular flexibility index (Phi) is 10.3. The largest absolute Gasteiger partial charge is 0.357 e. The maximum absolute atomic E-state index is 14.4. The number of carbonyl (C=O) groups excluding carboxylic acids is 2. The maximum atomic E-state index is 14.4. The molecule has 4 aromatic carbocycles. The van der Waals surface area contributed by atoms with E-state index in [-0.39, 0.29) is 23.8 Å². The zero-order valence-electron chi connectivity index (χ0n) is 24.7. The number of nitrogens with one attached hydrogen (secondary N) is 1. The fourth-order valence-electron chi connectivity index (χ4n) is 4.94. The van der Waals surface area contributed by atoms with Crippen molar-refractivity contribution in [1.82, 2.24) is 10.2 Å². The van der Waals surface area contributed by atoms with Crippen molar-refractivity contribution in [1.29, 1.82) is 0 Å². The Morgan fingerprint density at radius 3 is 2.05 bits per heavy atom. The van der Waals surface area contributed by atoms with Crippen molar-refractivity contribution in [3.8, 4) is 0 Å². The molecule has 0 aromatic heterocycles. The molecule has 0 bridgehead atoms. The number of hydrogen-bond acceptors (Lipinski definition) is 4. The van der Waals surface area contributed by atoms with Crippen molar-refractivity contribution >= 4 is 39.1 Å². The third-order valence-corrected chi connectivity index (χ3v) is 9.32. The molecule has 1 N–H and O–H groups in total. The number of nitrogens with zero attached hydrogens (tertiary/aromatic N) is 2. The molecule has 43 heavy (non-hydrogen) atoms. The van der Waals surface area contributed by atoms with Gasteiger partial charge in [-0.15, -0.1) is 0 Å². The van der Waals surface area contributed by atoms with Gasteiger partial charge in [0.1, 0.15) is 12.6 Å². The van der Waals surface area contributed by atoms with Crippen LogP contribution in [0.3, 0.4) is 0 Å². The van der Waals surface area contributed by atoms with Gasteiger partial charge in [0.2, 0.25) is 11.8 Å². The Balaban J connectivity index is 1.81. The number of benzene rings is 4. The number of amides is 2. The third kappa shape index (κ3) is 7.83. The van der Waals surface area contributed by atoms with Gasteiger partial charge in [-0.05, 0) is 67.8 Å². The summed E-state index contributed by atoms with van der Waals surface area (Å²) >= 11 is 6.12. The Hall–Kier alpha value is -4.14. The van der Waals surface area contributed by atoms with Crippen molar-refractivity contribution in [2.75, 3.05) is 17.9 Å². The van der Waals surface area contributed by atoms with Crippen LogP contribution in [0.2, 0.25) is 5.02 Å². The van der Waals surface area contributed by atoms with Crippen LogP contribution < -0.4 is 9.62 Å². The number of carbonyl (C=O) groups is 2. The quantitative estimate of drug-likeness (QED) is 0.229. The topological polar surface area (TPSA) is 86.8 Å². The lowest BCUT2D eigenvalue weighted by Crippen LogP contribution is -2.53. The molecule has 0 aliphatic rings. The van der Waals surface area contributed by atoms with Gasteiger partial charge in [0, 0.05) is 25.0 Å². The zero-order chi connectivity index (χ0) is 31.1. The minimum Gasteiger partial charge on any atom is -0.357 e. The third-order valence-electron chi connectivity index (χ3n) is 7.29. The lowest BCUT2D eigenvalue weighted by molar-refractivity contribution is -0.139. The van der Waals surface area contributed by atoms with Crippen LogP contribution in [0.1, 0.15) is 27.8 Å². The highest BCUT2D eigenvalue weighted by atomic mass is 35.5. The van der Waals surface area contributed by atoms with Gasteiger partial charge in [0.25, 0.3) is 10.0 Å². The Labute approximate surface area is 259 Å². The van der Waals surface area contributed by atoms with Crippen LogP contribution in [0.4, 0.5) is 5.69 Å². The van der Waals surface area contributed by atoms with Gasteiger partial charge in [0.15, 0.2) is 0 Å². The Morgan fingerprint density at radius 1 is 0.814 bits per heavy atom. The van der Waals surface area contributed by atoms with Crippen LogP contribution in [0.5, 0.6) is 0 Å². The molecule has 1 atom stereocenters. The average Bonchev–Trinajstić information content (AvgIpc) is 2.99. The predicted molar refractivity (Wildman–Crippen MR) is 172 cm³/mol. The summed E-state index contributed by atoms with van der Waals surface area (Å²) in [6.07, 6.45) is 0.244. The summed E-state index contributed by atoms with van der Waals surface area (Å²) in [6, 6.07) is 27.5. The molecule has 0 spiro atoms. The van der Waals surface area contributed by atoms with Crippen molar-refractivity contribution in [3.05, 3.63) is 130 Å². The van der Waals surface area contributed by atoms with Crippen LogP contribution in [-0.4, -0.2) is 44.8 Å². The molecule has 0 fully saturated rings. The summed E-state index contributed by atoms with van der Waals surface area (Å²) < 4.78 is 29.4. The number of sulfonamides is 1. The van der Waals surface area contributed by atoms with Crippen molar-refractivity contribution in [2.24, 2.45) is 0 Å². The number of halogens is 1. The van der Waals surface area contributed by atoms with E-state index >= 15 is 0 Å². The zero-order valence-corrected chi connectivity index (χ0v) is 26.3. The van der Waals surface area contributed by atoms with E-state index in [0.29, 0.717) is 16.3 Å². The molecular weight excluding hydrogens is 582 g/mol. The number of rotatable bonds is 11. The first-order chi connectivity index (χ1) is 20.5. The highest BCUT2D eigenvalue weighted by Gasteiger charge is 2.34. The van der Waals surface area contributed by atoms with Gasteiger partial charge in [0.05, 0.1) is 10.6 Å². The van der Waals surface area contributed by atoms with Gasteiger partial charge in [-0.2, -0.15) is 0 Å². The summed E-state index contributed by atoms with van der Waals surface area (Å²) in [7, 11) is -2.63. The molecule has 2 amide bonds. The highest BCUT2D eigenvalue weighted by molar-refractivity contribution is 7.92. The normalized spacial score (nSPS) is 11.9. The van der Waals surface area contributed by atoms with Gasteiger partial charge in [-0.25, -0.2) is 8.42 Å². The fraction of sp³-hybridized carbons (Fsp3) is 0.235. The number of aryl methyl sites for hydroxylation is 3. The molecule has 0 aliphatic carbocycles. The second-order valence-corrected chi connectivity index (χ2v) is 12.9. The summed E-state index contributed by atoms with van der Waals surface area (Å²) in [6.45, 7) is 5.19.